The summed E-state index contributed by atoms with van der Waals surface area (Å²) in [7, 11) is 1.32. The number of β-amino-alcohol motifs (C(OH)–C–C–N with tert-alkyl or cyclic N) is 1. The normalized spacial score (nSPS) is 21.4. The zero-order valence-electron chi connectivity index (χ0n) is 5.89. The molecule has 1 aliphatic heterocycles. The van der Waals surface area contributed by atoms with Crippen LogP contribution >= 0.6 is 0 Å². The topological polar surface area (TPSA) is 58.6 Å². The average Bonchev–Trinajstić information content (AvgIpc) is 1.84. The van der Waals surface area contributed by atoms with Crippen LogP contribution in [0.2, 0.25) is 0 Å². The molecule has 0 atom stereocenters. The molecule has 2 N–H and O–H groups in total. The van der Waals surface area contributed by atoms with E-state index in [0.717, 1.165) is 0 Å². The second kappa shape index (κ2) is 2.56. The zero-order chi connectivity index (χ0) is 7.61. The van der Waals surface area contributed by atoms with Gasteiger partial charge in [-0.25, -0.2) is 0 Å². The molecule has 0 unspecified atom stereocenters. The molecular formula is C6H11NO3. The molecule has 0 radical (unpaired) electrons. The molecule has 0 aromatic rings. The smallest absolute Gasteiger partial charge is 0.308 e. The highest BCUT2D eigenvalue weighted by molar-refractivity contribution is 5.70. The predicted octanol–water partition coefficient (Wildman–Crippen LogP) is -1.12. The Morgan fingerprint density at radius 3 is 2.70 bits per heavy atom. The second-order valence-corrected chi connectivity index (χ2v) is 2.58. The number of carbonyl (C=O) groups excluding carboxylic acids is 1. The molecule has 0 spiro atoms. The molecule has 1 aliphatic rings. The molecule has 1 heterocycles. The Bertz CT molecular complexity index is 142. The van der Waals surface area contributed by atoms with Crippen molar-refractivity contribution in [2.45, 2.75) is 12.0 Å². The molecule has 0 aromatic carbocycles. The Kier molecular flexibility index (Phi) is 1.92. The van der Waals surface area contributed by atoms with Crippen molar-refractivity contribution in [1.82, 2.24) is 5.32 Å². The minimum absolute atomic E-state index is 0.0938. The van der Waals surface area contributed by atoms with Crippen LogP contribution in [0.25, 0.3) is 0 Å². The largest absolute Gasteiger partial charge is 0.469 e. The Morgan fingerprint density at radius 2 is 2.40 bits per heavy atom. The van der Waals surface area contributed by atoms with E-state index in [2.05, 4.69) is 10.1 Å². The summed E-state index contributed by atoms with van der Waals surface area (Å²) in [6, 6.07) is 0. The second-order valence-electron chi connectivity index (χ2n) is 2.58. The molecule has 10 heavy (non-hydrogen) atoms. The molecule has 0 saturated carbocycles. The quantitative estimate of drug-likeness (QED) is 0.483. The molecule has 0 amide bonds. The summed E-state index contributed by atoms with van der Waals surface area (Å²) < 4.78 is 4.40. The molecule has 0 aromatic heterocycles. The first kappa shape index (κ1) is 7.50. The summed E-state index contributed by atoms with van der Waals surface area (Å²) >= 11 is 0. The monoisotopic (exact) mass is 145 g/mol. The number of nitrogens with one attached hydrogen (secondary N) is 1. The van der Waals surface area contributed by atoms with Gasteiger partial charge in [0.25, 0.3) is 0 Å². The van der Waals surface area contributed by atoms with Crippen molar-refractivity contribution >= 4 is 5.97 Å². The van der Waals surface area contributed by atoms with Crippen molar-refractivity contribution in [3.8, 4) is 0 Å². The summed E-state index contributed by atoms with van der Waals surface area (Å²) in [5, 5.41) is 12.2. The molecule has 4 heteroatoms. The molecule has 1 fully saturated rings. The van der Waals surface area contributed by atoms with Gasteiger partial charge in [-0.15, -0.1) is 0 Å². The van der Waals surface area contributed by atoms with E-state index in [9.17, 15) is 9.90 Å². The molecular weight excluding hydrogens is 134 g/mol. The highest BCUT2D eigenvalue weighted by Gasteiger charge is 2.36. The lowest BCUT2D eigenvalue weighted by atomic mass is 9.93. The van der Waals surface area contributed by atoms with E-state index in [4.69, 9.17) is 0 Å². The first-order valence-electron chi connectivity index (χ1n) is 3.16. The summed E-state index contributed by atoms with van der Waals surface area (Å²) in [4.78, 5) is 10.6. The van der Waals surface area contributed by atoms with Crippen LogP contribution in [0.3, 0.4) is 0 Å². The Morgan fingerprint density at radius 1 is 1.80 bits per heavy atom. The highest BCUT2D eigenvalue weighted by atomic mass is 16.5. The van der Waals surface area contributed by atoms with E-state index in [-0.39, 0.29) is 12.4 Å². The van der Waals surface area contributed by atoms with Gasteiger partial charge in [-0.3, -0.25) is 4.79 Å². The minimum Gasteiger partial charge on any atom is -0.469 e. The fourth-order valence-corrected chi connectivity index (χ4v) is 0.879. The van der Waals surface area contributed by atoms with Crippen LogP contribution in [0.1, 0.15) is 6.42 Å². The van der Waals surface area contributed by atoms with Crippen molar-refractivity contribution in [3.63, 3.8) is 0 Å². The van der Waals surface area contributed by atoms with Gasteiger partial charge in [-0.05, 0) is 0 Å². The van der Waals surface area contributed by atoms with Crippen molar-refractivity contribution in [2.75, 3.05) is 20.2 Å². The van der Waals surface area contributed by atoms with Crippen molar-refractivity contribution < 1.29 is 14.6 Å². The number of carbonyl (C=O) groups is 1. The first-order chi connectivity index (χ1) is 4.66. The standard InChI is InChI=1S/C6H11NO3/c1-10-5(8)2-6(9)3-7-4-6/h7,9H,2-4H2,1H3. The number of rotatable bonds is 2. The Labute approximate surface area is 59.2 Å². The van der Waals surface area contributed by atoms with Gasteiger partial charge in [0.05, 0.1) is 19.1 Å². The molecule has 4 nitrogen and oxygen atoms in total. The van der Waals surface area contributed by atoms with E-state index < -0.39 is 5.60 Å². The number of methoxy groups -OCH3 is 1. The van der Waals surface area contributed by atoms with Gasteiger partial charge in [0, 0.05) is 13.1 Å². The van der Waals surface area contributed by atoms with Gasteiger partial charge >= 0.3 is 5.97 Å². The summed E-state index contributed by atoms with van der Waals surface area (Å²) in [6.07, 6.45) is 0.0938. The number of hydrogen-bond acceptors (Lipinski definition) is 4. The number of esters is 1. The lowest BCUT2D eigenvalue weighted by molar-refractivity contribution is -0.148. The van der Waals surface area contributed by atoms with Gasteiger partial charge in [-0.1, -0.05) is 0 Å². The fraction of sp³-hybridized carbons (Fsp3) is 0.833. The summed E-state index contributed by atoms with van der Waals surface area (Å²) in [5.74, 6) is -0.357. The predicted molar refractivity (Wildman–Crippen MR) is 34.5 cm³/mol. The number of hydrogen-bond donors (Lipinski definition) is 2. The van der Waals surface area contributed by atoms with E-state index in [1.165, 1.54) is 7.11 Å². The fourth-order valence-electron chi connectivity index (χ4n) is 0.879. The van der Waals surface area contributed by atoms with Gasteiger partial charge in [0.1, 0.15) is 0 Å². The van der Waals surface area contributed by atoms with Crippen LogP contribution in [0.5, 0.6) is 0 Å². The van der Waals surface area contributed by atoms with Crippen molar-refractivity contribution in [3.05, 3.63) is 0 Å². The van der Waals surface area contributed by atoms with E-state index >= 15 is 0 Å². The molecule has 58 valence electrons. The van der Waals surface area contributed by atoms with Crippen molar-refractivity contribution in [2.24, 2.45) is 0 Å². The third kappa shape index (κ3) is 1.46. The maximum atomic E-state index is 10.6. The molecule has 1 rings (SSSR count). The SMILES string of the molecule is COC(=O)CC1(O)CNC1. The van der Waals surface area contributed by atoms with E-state index in [1.807, 2.05) is 0 Å². The van der Waals surface area contributed by atoms with Crippen LogP contribution in [-0.4, -0.2) is 36.9 Å². The highest BCUT2D eigenvalue weighted by Crippen LogP contribution is 2.15. The van der Waals surface area contributed by atoms with E-state index in [0.29, 0.717) is 13.1 Å². The average molecular weight is 145 g/mol. The van der Waals surface area contributed by atoms with Crippen LogP contribution in [0.15, 0.2) is 0 Å². The third-order valence-corrected chi connectivity index (χ3v) is 1.61. The molecule has 0 aliphatic carbocycles. The van der Waals surface area contributed by atoms with Crippen LogP contribution < -0.4 is 5.32 Å². The lowest BCUT2D eigenvalue weighted by Crippen LogP contribution is -2.60. The lowest BCUT2D eigenvalue weighted by Gasteiger charge is -2.36. The maximum Gasteiger partial charge on any atom is 0.308 e. The number of ether oxygens (including phenoxy) is 1. The summed E-state index contributed by atoms with van der Waals surface area (Å²) in [6.45, 7) is 0.976. The van der Waals surface area contributed by atoms with Crippen LogP contribution in [0, 0.1) is 0 Å². The number of aliphatic hydroxyl groups is 1. The minimum atomic E-state index is -0.840. The van der Waals surface area contributed by atoms with Gasteiger partial charge < -0.3 is 15.2 Å². The van der Waals surface area contributed by atoms with Gasteiger partial charge in [0.2, 0.25) is 0 Å². The Balaban J connectivity index is 2.29. The van der Waals surface area contributed by atoms with Gasteiger partial charge in [-0.2, -0.15) is 0 Å². The van der Waals surface area contributed by atoms with Gasteiger partial charge in [0.15, 0.2) is 0 Å². The molecule has 0 bridgehead atoms. The Hall–Kier alpha value is -0.610. The van der Waals surface area contributed by atoms with E-state index in [1.54, 1.807) is 0 Å². The van der Waals surface area contributed by atoms with Crippen molar-refractivity contribution in [1.29, 1.82) is 0 Å². The summed E-state index contributed by atoms with van der Waals surface area (Å²) in [5.41, 5.74) is -0.840. The zero-order valence-corrected chi connectivity index (χ0v) is 5.89. The third-order valence-electron chi connectivity index (χ3n) is 1.61. The maximum absolute atomic E-state index is 10.6. The van der Waals surface area contributed by atoms with Crippen LogP contribution in [0.4, 0.5) is 0 Å². The van der Waals surface area contributed by atoms with Crippen LogP contribution in [-0.2, 0) is 9.53 Å². The molecule has 1 saturated heterocycles. The first-order valence-corrected chi connectivity index (χ1v) is 3.16.